The molecule has 0 fully saturated rings. The third-order valence-electron chi connectivity index (χ3n) is 5.60. The van der Waals surface area contributed by atoms with Gasteiger partial charge in [0.2, 0.25) is 0 Å². The second-order valence-corrected chi connectivity index (χ2v) is 9.87. The van der Waals surface area contributed by atoms with Crippen molar-refractivity contribution in [3.8, 4) is 0 Å². The molecule has 0 spiro atoms. The molecule has 1 aromatic carbocycles. The third kappa shape index (κ3) is 4.99. The Hall–Kier alpha value is -1.84. The van der Waals surface area contributed by atoms with Crippen LogP contribution >= 0.6 is 23.1 Å². The molecule has 0 unspecified atom stereocenters. The summed E-state index contributed by atoms with van der Waals surface area (Å²) in [4.78, 5) is 19.5. The molecule has 0 aliphatic heterocycles. The highest BCUT2D eigenvalue weighted by Crippen LogP contribution is 2.34. The molecule has 0 amide bonds. The van der Waals surface area contributed by atoms with E-state index in [1.54, 1.807) is 17.4 Å². The van der Waals surface area contributed by atoms with Crippen molar-refractivity contribution in [3.05, 3.63) is 62.5 Å². The van der Waals surface area contributed by atoms with Crippen LogP contribution in [0, 0.1) is 0 Å². The molecule has 2 heterocycles. The van der Waals surface area contributed by atoms with Crippen LogP contribution in [-0.2, 0) is 25.6 Å². The lowest BCUT2D eigenvalue weighted by atomic mass is 9.93. The van der Waals surface area contributed by atoms with Gasteiger partial charge in [0.25, 0.3) is 5.56 Å². The molecule has 0 saturated heterocycles. The number of thiophene rings is 1. The summed E-state index contributed by atoms with van der Waals surface area (Å²) in [6.07, 6.45) is 2.97. The molecule has 0 radical (unpaired) electrons. The first kappa shape index (κ1) is 22.4. The molecule has 1 N–H and O–H groups in total. The average Bonchev–Trinajstić information content (AvgIpc) is 3.11. The van der Waals surface area contributed by atoms with E-state index in [4.69, 9.17) is 0 Å². The van der Waals surface area contributed by atoms with Gasteiger partial charge in [0.05, 0.1) is 23.8 Å². The average molecular weight is 468 g/mol. The second kappa shape index (κ2) is 9.34. The van der Waals surface area contributed by atoms with Gasteiger partial charge in [-0.2, -0.15) is 24.9 Å². The molecule has 2 aromatic heterocycles. The predicted octanol–water partition coefficient (Wildman–Crippen LogP) is 4.73. The van der Waals surface area contributed by atoms with Crippen molar-refractivity contribution in [2.24, 2.45) is 0 Å². The molecular weight excluding hydrogens is 443 g/mol. The summed E-state index contributed by atoms with van der Waals surface area (Å²) in [6.45, 7) is 1.06. The maximum atomic E-state index is 13.2. The lowest BCUT2D eigenvalue weighted by Gasteiger charge is -2.23. The molecule has 9 heteroatoms. The Balaban J connectivity index is 1.56. The number of aromatic nitrogens is 2. The molecule has 4 rings (SSSR count). The summed E-state index contributed by atoms with van der Waals surface area (Å²) in [5.41, 5.74) is 0.608. The number of fused-ring (bicyclic) bond motifs is 3. The fourth-order valence-corrected chi connectivity index (χ4v) is 5.74. The Morgan fingerprint density at radius 3 is 2.97 bits per heavy atom. The highest BCUT2D eigenvalue weighted by molar-refractivity contribution is 7.98. The zero-order valence-corrected chi connectivity index (χ0v) is 18.8. The fourth-order valence-electron chi connectivity index (χ4n) is 4.05. The molecule has 0 saturated carbocycles. The molecule has 1 aliphatic rings. The van der Waals surface area contributed by atoms with Gasteiger partial charge in [0.15, 0.2) is 0 Å². The molecule has 31 heavy (non-hydrogen) atoms. The first-order chi connectivity index (χ1) is 14.9. The summed E-state index contributed by atoms with van der Waals surface area (Å²) in [5.74, 6) is 1.14. The van der Waals surface area contributed by atoms with E-state index in [0.29, 0.717) is 17.0 Å². The van der Waals surface area contributed by atoms with Crippen LogP contribution in [0.25, 0.3) is 10.2 Å². The van der Waals surface area contributed by atoms with E-state index in [1.807, 2.05) is 11.8 Å². The number of halogens is 3. The molecular formula is C22H24F3N3OS2. The van der Waals surface area contributed by atoms with Crippen molar-refractivity contribution in [2.45, 2.75) is 44.4 Å². The van der Waals surface area contributed by atoms with Crippen LogP contribution < -0.4 is 10.9 Å². The largest absolute Gasteiger partial charge is 0.416 e. The van der Waals surface area contributed by atoms with Gasteiger partial charge >= 0.3 is 6.18 Å². The van der Waals surface area contributed by atoms with Gasteiger partial charge in [0, 0.05) is 10.9 Å². The molecule has 3 aromatic rings. The normalized spacial score (nSPS) is 16.6. The second-order valence-electron chi connectivity index (χ2n) is 7.80. The standard InChI is InChI=1S/C22H24F3N3OS2/c1-30-9-3-8-26-16-6-7-17-18(11-16)31-20-19(17)21(29)28(13-27-20)12-14-4-2-5-15(10-14)22(23,24)25/h2,4-5,10,13,16,26H,3,6-9,11-12H2,1H3/t16-/m0/s1. The van der Waals surface area contributed by atoms with Gasteiger partial charge in [-0.15, -0.1) is 11.3 Å². The molecule has 4 nitrogen and oxygen atoms in total. The van der Waals surface area contributed by atoms with Crippen LogP contribution in [0.4, 0.5) is 13.2 Å². The van der Waals surface area contributed by atoms with Gasteiger partial charge in [0.1, 0.15) is 4.83 Å². The highest BCUT2D eigenvalue weighted by Gasteiger charge is 2.30. The van der Waals surface area contributed by atoms with Crippen LogP contribution in [0.2, 0.25) is 0 Å². The van der Waals surface area contributed by atoms with E-state index in [-0.39, 0.29) is 12.1 Å². The maximum Gasteiger partial charge on any atom is 0.416 e. The predicted molar refractivity (Wildman–Crippen MR) is 121 cm³/mol. The zero-order chi connectivity index (χ0) is 22.0. The number of rotatable bonds is 7. The topological polar surface area (TPSA) is 46.9 Å². The number of aryl methyl sites for hydroxylation is 1. The lowest BCUT2D eigenvalue weighted by molar-refractivity contribution is -0.137. The van der Waals surface area contributed by atoms with Crippen molar-refractivity contribution < 1.29 is 13.2 Å². The van der Waals surface area contributed by atoms with Gasteiger partial charge in [-0.1, -0.05) is 12.1 Å². The Morgan fingerprint density at radius 1 is 1.35 bits per heavy atom. The number of benzene rings is 1. The first-order valence-electron chi connectivity index (χ1n) is 10.2. The first-order valence-corrected chi connectivity index (χ1v) is 12.5. The van der Waals surface area contributed by atoms with Gasteiger partial charge in [-0.25, -0.2) is 4.98 Å². The summed E-state index contributed by atoms with van der Waals surface area (Å²) >= 11 is 3.41. The van der Waals surface area contributed by atoms with E-state index in [2.05, 4.69) is 16.6 Å². The van der Waals surface area contributed by atoms with Crippen molar-refractivity contribution >= 4 is 33.3 Å². The third-order valence-corrected chi connectivity index (χ3v) is 7.46. The summed E-state index contributed by atoms with van der Waals surface area (Å²) in [7, 11) is 0. The lowest BCUT2D eigenvalue weighted by Crippen LogP contribution is -2.35. The molecule has 166 valence electrons. The van der Waals surface area contributed by atoms with E-state index in [1.165, 1.54) is 21.8 Å². The summed E-state index contributed by atoms with van der Waals surface area (Å²) in [5, 5.41) is 4.25. The van der Waals surface area contributed by atoms with Crippen molar-refractivity contribution in [1.29, 1.82) is 0 Å². The summed E-state index contributed by atoms with van der Waals surface area (Å²) in [6, 6.07) is 5.51. The minimum absolute atomic E-state index is 0.0654. The fraction of sp³-hybridized carbons (Fsp3) is 0.455. The SMILES string of the molecule is CSCCCN[C@H]1CCc2c(sc3ncn(Cc4cccc(C(F)(F)F)c4)c(=O)c23)C1. The number of thioether (sulfide) groups is 1. The zero-order valence-electron chi connectivity index (χ0n) is 17.2. The van der Waals surface area contributed by atoms with Gasteiger partial charge < -0.3 is 5.32 Å². The molecule has 0 bridgehead atoms. The minimum Gasteiger partial charge on any atom is -0.314 e. The maximum absolute atomic E-state index is 13.2. The number of alkyl halides is 3. The Labute approximate surface area is 186 Å². The van der Waals surface area contributed by atoms with E-state index in [9.17, 15) is 18.0 Å². The van der Waals surface area contributed by atoms with Crippen molar-refractivity contribution in [1.82, 2.24) is 14.9 Å². The highest BCUT2D eigenvalue weighted by atomic mass is 32.2. The number of nitrogens with one attached hydrogen (secondary N) is 1. The van der Waals surface area contributed by atoms with Crippen molar-refractivity contribution in [3.63, 3.8) is 0 Å². The van der Waals surface area contributed by atoms with Crippen LogP contribution in [-0.4, -0.2) is 34.1 Å². The van der Waals surface area contributed by atoms with Crippen LogP contribution in [0.1, 0.15) is 34.4 Å². The molecule has 1 atom stereocenters. The Bertz CT molecular complexity index is 1120. The minimum atomic E-state index is -4.41. The number of nitrogens with zero attached hydrogens (tertiary/aromatic N) is 2. The van der Waals surface area contributed by atoms with Crippen LogP contribution in [0.3, 0.4) is 0 Å². The van der Waals surface area contributed by atoms with Gasteiger partial charge in [-0.3, -0.25) is 9.36 Å². The Kier molecular flexibility index (Phi) is 6.74. The van der Waals surface area contributed by atoms with Crippen LogP contribution in [0.15, 0.2) is 35.4 Å². The number of hydrogen-bond acceptors (Lipinski definition) is 5. The van der Waals surface area contributed by atoms with E-state index in [0.717, 1.165) is 60.5 Å². The van der Waals surface area contributed by atoms with Gasteiger partial charge in [-0.05, 0) is 67.5 Å². The molecule has 1 aliphatic carbocycles. The van der Waals surface area contributed by atoms with E-state index >= 15 is 0 Å². The summed E-state index contributed by atoms with van der Waals surface area (Å²) < 4.78 is 40.4. The Morgan fingerprint density at radius 2 is 2.19 bits per heavy atom. The van der Waals surface area contributed by atoms with Crippen LogP contribution in [0.5, 0.6) is 0 Å². The van der Waals surface area contributed by atoms with E-state index < -0.39 is 11.7 Å². The monoisotopic (exact) mass is 467 g/mol. The quantitative estimate of drug-likeness (QED) is 0.511. The van der Waals surface area contributed by atoms with Crippen molar-refractivity contribution in [2.75, 3.05) is 18.6 Å². The smallest absolute Gasteiger partial charge is 0.314 e. The number of hydrogen-bond donors (Lipinski definition) is 1.